The van der Waals surface area contributed by atoms with Gasteiger partial charge in [0.2, 0.25) is 0 Å². The summed E-state index contributed by atoms with van der Waals surface area (Å²) >= 11 is 0. The zero-order valence-electron chi connectivity index (χ0n) is 7.67. The molecule has 0 bridgehead atoms. The summed E-state index contributed by atoms with van der Waals surface area (Å²) in [6, 6.07) is 0. The van der Waals surface area contributed by atoms with Crippen LogP contribution < -0.4 is 0 Å². The van der Waals surface area contributed by atoms with E-state index in [4.69, 9.17) is 0 Å². The summed E-state index contributed by atoms with van der Waals surface area (Å²) < 4.78 is 34.0. The molecule has 4 heteroatoms. The number of rotatable bonds is 3. The predicted molar refractivity (Wildman–Crippen MR) is 46.0 cm³/mol. The molecule has 0 N–H and O–H groups in total. The Morgan fingerprint density at radius 3 is 2.08 bits per heavy atom. The maximum absolute atomic E-state index is 12.7. The second-order valence-electron chi connectivity index (χ2n) is 4.22. The van der Waals surface area contributed by atoms with E-state index in [0.717, 1.165) is 6.42 Å². The van der Waals surface area contributed by atoms with Crippen LogP contribution in [0.1, 0.15) is 33.6 Å². The fraction of sp³-hybridized carbons (Fsp3) is 1.00. The maximum atomic E-state index is 12.7. The van der Waals surface area contributed by atoms with Crippen molar-refractivity contribution in [3.63, 3.8) is 0 Å². The topological polar surface area (TPSA) is 34.1 Å². The fourth-order valence-electron chi connectivity index (χ4n) is 1.82. The lowest BCUT2D eigenvalue weighted by Crippen LogP contribution is -2.20. The smallest absolute Gasteiger partial charge is 0.195 e. The van der Waals surface area contributed by atoms with Crippen molar-refractivity contribution >= 4 is 10.2 Å². The molecule has 2 atom stereocenters. The Labute approximate surface area is 73.4 Å². The SMILES string of the molecule is CCC(C1CC1(C)C)S(=O)(=O)F. The lowest BCUT2D eigenvalue weighted by molar-refractivity contribution is 0.479. The van der Waals surface area contributed by atoms with Crippen molar-refractivity contribution in [1.82, 2.24) is 0 Å². The third-order valence-electron chi connectivity index (χ3n) is 2.80. The first kappa shape index (κ1) is 9.96. The summed E-state index contributed by atoms with van der Waals surface area (Å²) in [5.41, 5.74) is 0.0276. The van der Waals surface area contributed by atoms with Crippen molar-refractivity contribution in [2.75, 3.05) is 0 Å². The zero-order valence-corrected chi connectivity index (χ0v) is 8.49. The molecule has 1 saturated carbocycles. The van der Waals surface area contributed by atoms with Crippen LogP contribution in [0.2, 0.25) is 0 Å². The average molecular weight is 194 g/mol. The van der Waals surface area contributed by atoms with E-state index >= 15 is 0 Å². The largest absolute Gasteiger partial charge is 0.305 e. The highest BCUT2D eigenvalue weighted by molar-refractivity contribution is 7.87. The molecule has 0 aromatic carbocycles. The Morgan fingerprint density at radius 1 is 1.58 bits per heavy atom. The van der Waals surface area contributed by atoms with Gasteiger partial charge in [-0.1, -0.05) is 20.8 Å². The minimum absolute atomic E-state index is 0.0255. The molecule has 0 saturated heterocycles. The molecule has 0 aliphatic heterocycles. The molecule has 1 fully saturated rings. The van der Waals surface area contributed by atoms with Crippen LogP contribution in [0, 0.1) is 11.3 Å². The zero-order chi connectivity index (χ0) is 9.57. The molecule has 1 aliphatic rings. The minimum atomic E-state index is -4.32. The highest BCUT2D eigenvalue weighted by Gasteiger charge is 2.53. The van der Waals surface area contributed by atoms with Crippen LogP contribution in [0.15, 0.2) is 0 Å². The van der Waals surface area contributed by atoms with Crippen LogP contribution in [0.25, 0.3) is 0 Å². The Kier molecular flexibility index (Phi) is 2.23. The van der Waals surface area contributed by atoms with Crippen molar-refractivity contribution in [1.29, 1.82) is 0 Å². The van der Waals surface area contributed by atoms with Crippen molar-refractivity contribution in [3.8, 4) is 0 Å². The molecule has 0 amide bonds. The quantitative estimate of drug-likeness (QED) is 0.645. The molecule has 1 aliphatic carbocycles. The van der Waals surface area contributed by atoms with Gasteiger partial charge in [-0.3, -0.25) is 0 Å². The highest BCUT2D eigenvalue weighted by Crippen LogP contribution is 2.55. The van der Waals surface area contributed by atoms with Crippen LogP contribution in [0.4, 0.5) is 3.89 Å². The molecule has 1 rings (SSSR count). The number of hydrogen-bond donors (Lipinski definition) is 0. The van der Waals surface area contributed by atoms with Gasteiger partial charge in [-0.25, -0.2) is 0 Å². The first-order valence-electron chi connectivity index (χ1n) is 4.22. The second kappa shape index (κ2) is 2.69. The lowest BCUT2D eigenvalue weighted by atomic mass is 10.1. The first-order chi connectivity index (χ1) is 5.29. The van der Waals surface area contributed by atoms with Gasteiger partial charge < -0.3 is 0 Å². The molecule has 0 radical (unpaired) electrons. The molecule has 12 heavy (non-hydrogen) atoms. The molecule has 2 nitrogen and oxygen atoms in total. The third kappa shape index (κ3) is 1.79. The number of halogens is 1. The van der Waals surface area contributed by atoms with E-state index in [2.05, 4.69) is 0 Å². The van der Waals surface area contributed by atoms with Crippen LogP contribution in [0.3, 0.4) is 0 Å². The van der Waals surface area contributed by atoms with E-state index < -0.39 is 15.5 Å². The molecule has 0 spiro atoms. The van der Waals surface area contributed by atoms with Crippen LogP contribution in [-0.4, -0.2) is 13.7 Å². The summed E-state index contributed by atoms with van der Waals surface area (Å²) in [5.74, 6) is 0.0255. The van der Waals surface area contributed by atoms with Gasteiger partial charge in [0, 0.05) is 0 Å². The van der Waals surface area contributed by atoms with Crippen LogP contribution in [0.5, 0.6) is 0 Å². The molecule has 0 aromatic rings. The maximum Gasteiger partial charge on any atom is 0.305 e. The standard InChI is InChI=1S/C8H15FO2S/c1-4-7(12(9,10)11)6-5-8(6,2)3/h6-7H,4-5H2,1-3H3. The molecule has 0 aromatic heterocycles. The monoisotopic (exact) mass is 194 g/mol. The Hall–Kier alpha value is -0.120. The van der Waals surface area contributed by atoms with Gasteiger partial charge in [-0.05, 0) is 24.2 Å². The number of hydrogen-bond acceptors (Lipinski definition) is 2. The summed E-state index contributed by atoms with van der Waals surface area (Å²) in [7, 11) is -4.32. The Bertz CT molecular complexity index is 269. The molecule has 2 unspecified atom stereocenters. The molecular formula is C8H15FO2S. The Balaban J connectivity index is 2.74. The van der Waals surface area contributed by atoms with Gasteiger partial charge in [0.05, 0.1) is 5.25 Å². The van der Waals surface area contributed by atoms with Crippen molar-refractivity contribution in [3.05, 3.63) is 0 Å². The van der Waals surface area contributed by atoms with Gasteiger partial charge in [0.15, 0.2) is 0 Å². The van der Waals surface area contributed by atoms with Crippen LogP contribution >= 0.6 is 0 Å². The summed E-state index contributed by atoms with van der Waals surface area (Å²) in [6.45, 7) is 5.67. The van der Waals surface area contributed by atoms with Crippen molar-refractivity contribution in [2.45, 2.75) is 38.9 Å². The van der Waals surface area contributed by atoms with Gasteiger partial charge in [0.1, 0.15) is 0 Å². The van der Waals surface area contributed by atoms with E-state index in [0.29, 0.717) is 6.42 Å². The van der Waals surface area contributed by atoms with Crippen LogP contribution in [-0.2, 0) is 10.2 Å². The van der Waals surface area contributed by atoms with Gasteiger partial charge >= 0.3 is 10.2 Å². The third-order valence-corrected chi connectivity index (χ3v) is 4.19. The fourth-order valence-corrected chi connectivity index (χ4v) is 3.08. The summed E-state index contributed by atoms with van der Waals surface area (Å²) in [6.07, 6.45) is 1.21. The average Bonchev–Trinajstić information content (AvgIpc) is 2.38. The van der Waals surface area contributed by atoms with Gasteiger partial charge in [-0.2, -0.15) is 8.42 Å². The molecule has 72 valence electrons. The van der Waals surface area contributed by atoms with E-state index in [1.165, 1.54) is 0 Å². The highest BCUT2D eigenvalue weighted by atomic mass is 32.3. The predicted octanol–water partition coefficient (Wildman–Crippen LogP) is 2.11. The summed E-state index contributed by atoms with van der Waals surface area (Å²) in [5, 5.41) is -0.771. The van der Waals surface area contributed by atoms with Gasteiger partial charge in [0.25, 0.3) is 0 Å². The van der Waals surface area contributed by atoms with Crippen molar-refractivity contribution in [2.24, 2.45) is 11.3 Å². The minimum Gasteiger partial charge on any atom is -0.195 e. The van der Waals surface area contributed by atoms with Gasteiger partial charge in [-0.15, -0.1) is 3.89 Å². The van der Waals surface area contributed by atoms with E-state index in [1.807, 2.05) is 13.8 Å². The Morgan fingerprint density at radius 2 is 2.00 bits per heavy atom. The second-order valence-corrected chi connectivity index (χ2v) is 5.78. The van der Waals surface area contributed by atoms with E-state index in [-0.39, 0.29) is 11.3 Å². The normalized spacial score (nSPS) is 29.8. The lowest BCUT2D eigenvalue weighted by Gasteiger charge is -2.11. The molecular weight excluding hydrogens is 179 g/mol. The van der Waals surface area contributed by atoms with Crippen molar-refractivity contribution < 1.29 is 12.3 Å². The van der Waals surface area contributed by atoms with E-state index in [9.17, 15) is 12.3 Å². The first-order valence-corrected chi connectivity index (χ1v) is 5.67. The molecule has 0 heterocycles. The van der Waals surface area contributed by atoms with E-state index in [1.54, 1.807) is 6.92 Å². The summed E-state index contributed by atoms with van der Waals surface area (Å²) in [4.78, 5) is 0.